The molecule has 4 rings (SSSR count). The lowest BCUT2D eigenvalue weighted by atomic mass is 9.96. The van der Waals surface area contributed by atoms with Crippen LogP contribution in [-0.4, -0.2) is 53.9 Å². The van der Waals surface area contributed by atoms with Crippen LogP contribution in [-0.2, 0) is 17.9 Å². The third-order valence-electron chi connectivity index (χ3n) is 5.08. The molecule has 0 spiro atoms. The number of amides is 1. The maximum absolute atomic E-state index is 12.5. The third-order valence-corrected chi connectivity index (χ3v) is 5.08. The molecule has 3 aromatic rings. The van der Waals surface area contributed by atoms with Crippen LogP contribution in [0.3, 0.4) is 0 Å². The van der Waals surface area contributed by atoms with Crippen molar-refractivity contribution in [3.05, 3.63) is 48.5 Å². The largest absolute Gasteiger partial charge is 0.323 e. The zero-order valence-corrected chi connectivity index (χ0v) is 15.9. The number of para-hydroxylation sites is 1. The molecule has 146 valence electrons. The van der Waals surface area contributed by atoms with Gasteiger partial charge in [0.25, 0.3) is 0 Å². The van der Waals surface area contributed by atoms with Crippen molar-refractivity contribution in [2.45, 2.75) is 32.9 Å². The highest BCUT2D eigenvalue weighted by Crippen LogP contribution is 2.21. The lowest BCUT2D eigenvalue weighted by Crippen LogP contribution is -2.38. The molecule has 1 aromatic carbocycles. The van der Waals surface area contributed by atoms with Gasteiger partial charge in [-0.25, -0.2) is 0 Å². The summed E-state index contributed by atoms with van der Waals surface area (Å²) in [5.74, 6) is 0.900. The number of tetrazole rings is 1. The molecule has 0 radical (unpaired) electrons. The van der Waals surface area contributed by atoms with Gasteiger partial charge in [-0.1, -0.05) is 18.2 Å². The number of hydrogen-bond acceptors (Lipinski definition) is 6. The van der Waals surface area contributed by atoms with E-state index in [1.54, 1.807) is 15.6 Å². The van der Waals surface area contributed by atoms with Crippen LogP contribution in [0.25, 0.3) is 5.69 Å². The molecule has 0 unspecified atom stereocenters. The Hall–Kier alpha value is -3.07. The van der Waals surface area contributed by atoms with Gasteiger partial charge in [-0.15, -0.1) is 5.10 Å². The Bertz CT molecular complexity index is 911. The molecule has 1 aliphatic heterocycles. The molecule has 9 heteroatoms. The van der Waals surface area contributed by atoms with Crippen molar-refractivity contribution in [2.75, 3.05) is 18.4 Å². The minimum atomic E-state index is 0.0198. The number of benzene rings is 1. The third kappa shape index (κ3) is 4.09. The monoisotopic (exact) mass is 380 g/mol. The number of likely N-dealkylation sites (tertiary alicyclic amines) is 1. The normalized spacial score (nSPS) is 15.6. The number of aryl methyl sites for hydroxylation is 1. The number of nitrogens with zero attached hydrogens (tertiary/aromatic N) is 7. The molecule has 9 nitrogen and oxygen atoms in total. The number of anilines is 1. The summed E-state index contributed by atoms with van der Waals surface area (Å²) in [4.78, 5) is 14.8. The number of nitrogens with one attached hydrogen (secondary N) is 1. The molecular weight excluding hydrogens is 356 g/mol. The van der Waals surface area contributed by atoms with E-state index in [1.807, 2.05) is 43.5 Å². The summed E-state index contributed by atoms with van der Waals surface area (Å²) >= 11 is 0. The van der Waals surface area contributed by atoms with Crippen LogP contribution in [0.2, 0.25) is 0 Å². The molecule has 1 saturated heterocycles. The zero-order chi connectivity index (χ0) is 19.3. The average Bonchev–Trinajstić information content (AvgIpc) is 3.38. The van der Waals surface area contributed by atoms with Crippen molar-refractivity contribution in [1.82, 2.24) is 34.9 Å². The highest BCUT2D eigenvalue weighted by Gasteiger charge is 2.26. The maximum atomic E-state index is 12.5. The highest BCUT2D eigenvalue weighted by atomic mass is 16.1. The number of piperidine rings is 1. The maximum Gasteiger partial charge on any atom is 0.227 e. The average molecular weight is 380 g/mol. The van der Waals surface area contributed by atoms with E-state index < -0.39 is 0 Å². The predicted octanol–water partition coefficient (Wildman–Crippen LogP) is 1.73. The first-order valence-corrected chi connectivity index (χ1v) is 9.61. The summed E-state index contributed by atoms with van der Waals surface area (Å²) in [5, 5.41) is 19.3. The number of carbonyl (C=O) groups is 1. The first-order chi connectivity index (χ1) is 13.7. The van der Waals surface area contributed by atoms with E-state index in [0.717, 1.165) is 49.7 Å². The lowest BCUT2D eigenvalue weighted by Gasteiger charge is -2.30. The van der Waals surface area contributed by atoms with Crippen LogP contribution < -0.4 is 5.32 Å². The van der Waals surface area contributed by atoms with Crippen LogP contribution in [0.4, 0.5) is 5.69 Å². The molecule has 28 heavy (non-hydrogen) atoms. The van der Waals surface area contributed by atoms with Crippen molar-refractivity contribution in [2.24, 2.45) is 5.92 Å². The standard InChI is InChI=1S/C19H24N8O/c1-2-26-13-16(12-20-26)21-19(28)15-8-10-25(11-9-15)14-18-22-23-24-27(18)17-6-4-3-5-7-17/h3-7,12-13,15H,2,8-11,14H2,1H3,(H,21,28). The Morgan fingerprint density at radius 1 is 1.21 bits per heavy atom. The molecular formula is C19H24N8O. The van der Waals surface area contributed by atoms with Crippen molar-refractivity contribution >= 4 is 11.6 Å². The van der Waals surface area contributed by atoms with Gasteiger partial charge in [0.05, 0.1) is 24.1 Å². The van der Waals surface area contributed by atoms with Gasteiger partial charge in [0.1, 0.15) is 0 Å². The fourth-order valence-corrected chi connectivity index (χ4v) is 3.47. The molecule has 0 saturated carbocycles. The van der Waals surface area contributed by atoms with Crippen LogP contribution >= 0.6 is 0 Å². The summed E-state index contributed by atoms with van der Waals surface area (Å²) in [5.41, 5.74) is 1.71. The minimum Gasteiger partial charge on any atom is -0.323 e. The minimum absolute atomic E-state index is 0.0198. The fraction of sp³-hybridized carbons (Fsp3) is 0.421. The number of aromatic nitrogens is 6. The van der Waals surface area contributed by atoms with Gasteiger partial charge in [0.15, 0.2) is 5.82 Å². The van der Waals surface area contributed by atoms with Gasteiger partial charge < -0.3 is 5.32 Å². The molecule has 3 heterocycles. The fourth-order valence-electron chi connectivity index (χ4n) is 3.47. The Morgan fingerprint density at radius 3 is 2.71 bits per heavy atom. The van der Waals surface area contributed by atoms with E-state index in [1.165, 1.54) is 0 Å². The van der Waals surface area contributed by atoms with Gasteiger partial charge in [-0.3, -0.25) is 14.4 Å². The SMILES string of the molecule is CCn1cc(NC(=O)C2CCN(Cc3nnnn3-c3ccccc3)CC2)cn1. The number of hydrogen-bond donors (Lipinski definition) is 1. The van der Waals surface area contributed by atoms with E-state index in [2.05, 4.69) is 30.8 Å². The second-order valence-electron chi connectivity index (χ2n) is 6.97. The van der Waals surface area contributed by atoms with E-state index in [4.69, 9.17) is 0 Å². The van der Waals surface area contributed by atoms with Crippen LogP contribution in [0.5, 0.6) is 0 Å². The van der Waals surface area contributed by atoms with Crippen molar-refractivity contribution in [3.63, 3.8) is 0 Å². The summed E-state index contributed by atoms with van der Waals surface area (Å²) in [6, 6.07) is 9.87. The molecule has 1 N–H and O–H groups in total. The smallest absolute Gasteiger partial charge is 0.227 e. The zero-order valence-electron chi connectivity index (χ0n) is 15.9. The molecule has 1 aliphatic rings. The van der Waals surface area contributed by atoms with E-state index in [0.29, 0.717) is 6.54 Å². The molecule has 1 fully saturated rings. The summed E-state index contributed by atoms with van der Waals surface area (Å²) in [6.45, 7) is 5.15. The Morgan fingerprint density at radius 2 is 2.00 bits per heavy atom. The van der Waals surface area contributed by atoms with Crippen LogP contribution in [0.1, 0.15) is 25.6 Å². The second kappa shape index (κ2) is 8.30. The predicted molar refractivity (Wildman–Crippen MR) is 104 cm³/mol. The van der Waals surface area contributed by atoms with Crippen molar-refractivity contribution in [3.8, 4) is 5.69 Å². The van der Waals surface area contributed by atoms with Gasteiger partial charge in [-0.05, 0) is 55.4 Å². The van der Waals surface area contributed by atoms with Gasteiger partial charge in [0.2, 0.25) is 5.91 Å². The van der Waals surface area contributed by atoms with Gasteiger partial charge in [0, 0.05) is 18.7 Å². The van der Waals surface area contributed by atoms with Gasteiger partial charge in [-0.2, -0.15) is 9.78 Å². The van der Waals surface area contributed by atoms with Crippen molar-refractivity contribution in [1.29, 1.82) is 0 Å². The first kappa shape index (κ1) is 18.3. The van der Waals surface area contributed by atoms with E-state index in [-0.39, 0.29) is 11.8 Å². The quantitative estimate of drug-likeness (QED) is 0.700. The molecule has 2 aromatic heterocycles. The van der Waals surface area contributed by atoms with Crippen LogP contribution in [0, 0.1) is 5.92 Å². The van der Waals surface area contributed by atoms with Crippen LogP contribution in [0.15, 0.2) is 42.7 Å². The Balaban J connectivity index is 1.31. The van der Waals surface area contributed by atoms with Gasteiger partial charge >= 0.3 is 0 Å². The second-order valence-corrected chi connectivity index (χ2v) is 6.97. The molecule has 1 amide bonds. The summed E-state index contributed by atoms with van der Waals surface area (Å²) in [6.07, 6.45) is 5.19. The topological polar surface area (TPSA) is 93.8 Å². The Labute approximate surface area is 163 Å². The number of carbonyl (C=O) groups excluding carboxylic acids is 1. The lowest BCUT2D eigenvalue weighted by molar-refractivity contribution is -0.121. The first-order valence-electron chi connectivity index (χ1n) is 9.61. The van der Waals surface area contributed by atoms with E-state index >= 15 is 0 Å². The number of rotatable bonds is 6. The highest BCUT2D eigenvalue weighted by molar-refractivity contribution is 5.92. The Kier molecular flexibility index (Phi) is 5.43. The molecule has 0 aliphatic carbocycles. The van der Waals surface area contributed by atoms with E-state index in [9.17, 15) is 4.79 Å². The molecule has 0 bridgehead atoms. The summed E-state index contributed by atoms with van der Waals surface area (Å²) < 4.78 is 3.57. The summed E-state index contributed by atoms with van der Waals surface area (Å²) in [7, 11) is 0. The van der Waals surface area contributed by atoms with Crippen molar-refractivity contribution < 1.29 is 4.79 Å². The molecule has 0 atom stereocenters.